The molecule has 4 heteroatoms. The molecule has 112 valence electrons. The highest BCUT2D eigenvalue weighted by Crippen LogP contribution is 2.21. The van der Waals surface area contributed by atoms with Crippen LogP contribution in [0.25, 0.3) is 10.8 Å². The molecule has 0 aliphatic carbocycles. The molecule has 3 nitrogen and oxygen atoms in total. The molecule has 0 heterocycles. The van der Waals surface area contributed by atoms with Gasteiger partial charge in [0, 0.05) is 30.2 Å². The molecule has 0 saturated heterocycles. The van der Waals surface area contributed by atoms with Gasteiger partial charge in [0.05, 0.1) is 0 Å². The second kappa shape index (κ2) is 7.57. The van der Waals surface area contributed by atoms with Crippen molar-refractivity contribution in [3.05, 3.63) is 46.4 Å². The fraction of sp³-hybridized carbons (Fsp3) is 0.353. The van der Waals surface area contributed by atoms with Gasteiger partial charge in [0.25, 0.3) is 5.91 Å². The van der Waals surface area contributed by atoms with Crippen LogP contribution in [0.2, 0.25) is 0 Å². The van der Waals surface area contributed by atoms with E-state index in [1.54, 1.807) is 4.90 Å². The first kappa shape index (κ1) is 16.0. The van der Waals surface area contributed by atoms with E-state index >= 15 is 0 Å². The Balaban J connectivity index is 2.06. The maximum absolute atomic E-state index is 12.4. The average Bonchev–Trinajstić information content (AvgIpc) is 2.50. The normalized spacial score (nSPS) is 10.8. The Hall–Kier alpha value is -1.39. The molecule has 1 N–H and O–H groups in total. The molecule has 0 aromatic heterocycles. The van der Waals surface area contributed by atoms with E-state index in [4.69, 9.17) is 5.11 Å². The van der Waals surface area contributed by atoms with Crippen molar-refractivity contribution in [3.8, 4) is 0 Å². The van der Waals surface area contributed by atoms with Gasteiger partial charge in [0.1, 0.15) is 0 Å². The van der Waals surface area contributed by atoms with Gasteiger partial charge in [-0.2, -0.15) is 0 Å². The van der Waals surface area contributed by atoms with E-state index in [0.29, 0.717) is 0 Å². The van der Waals surface area contributed by atoms with Crippen molar-refractivity contribution in [1.82, 2.24) is 4.90 Å². The van der Waals surface area contributed by atoms with Crippen LogP contribution in [0.4, 0.5) is 0 Å². The number of hydrogen-bond acceptors (Lipinski definition) is 2. The number of carbonyl (C=O) groups excluding carboxylic acids is 1. The number of nitrogens with zero attached hydrogens (tertiary/aromatic N) is 1. The zero-order valence-corrected chi connectivity index (χ0v) is 13.8. The number of fused-ring (bicyclic) bond motifs is 1. The van der Waals surface area contributed by atoms with Crippen LogP contribution < -0.4 is 0 Å². The van der Waals surface area contributed by atoms with E-state index in [1.807, 2.05) is 43.4 Å². The minimum atomic E-state index is 0.0452. The third-order valence-corrected chi connectivity index (χ3v) is 4.04. The van der Waals surface area contributed by atoms with Gasteiger partial charge >= 0.3 is 0 Å². The Morgan fingerprint density at radius 1 is 1.10 bits per heavy atom. The minimum absolute atomic E-state index is 0.0452. The summed E-state index contributed by atoms with van der Waals surface area (Å²) < 4.78 is 1.04. The lowest BCUT2D eigenvalue weighted by molar-refractivity contribution is 0.0792. The summed E-state index contributed by atoms with van der Waals surface area (Å²) in [5, 5.41) is 10.9. The Morgan fingerprint density at radius 2 is 1.81 bits per heavy atom. The topological polar surface area (TPSA) is 40.5 Å². The summed E-state index contributed by atoms with van der Waals surface area (Å²) in [6.07, 6.45) is 2.66. The van der Waals surface area contributed by atoms with Crippen molar-refractivity contribution in [3.63, 3.8) is 0 Å². The summed E-state index contributed by atoms with van der Waals surface area (Å²) in [5.41, 5.74) is 0.717. The van der Waals surface area contributed by atoms with Gasteiger partial charge < -0.3 is 10.0 Å². The van der Waals surface area contributed by atoms with Crippen LogP contribution >= 0.6 is 15.9 Å². The van der Waals surface area contributed by atoms with Crippen molar-refractivity contribution >= 4 is 32.6 Å². The van der Waals surface area contributed by atoms with E-state index in [9.17, 15) is 4.79 Å². The number of rotatable bonds is 6. The van der Waals surface area contributed by atoms with E-state index in [1.165, 1.54) is 0 Å². The largest absolute Gasteiger partial charge is 0.396 e. The molecular formula is C17H20BrNO2. The third kappa shape index (κ3) is 4.29. The number of carbonyl (C=O) groups is 1. The maximum atomic E-state index is 12.4. The number of hydrogen-bond donors (Lipinski definition) is 1. The van der Waals surface area contributed by atoms with Gasteiger partial charge in [-0.05, 0) is 54.3 Å². The van der Waals surface area contributed by atoms with Crippen molar-refractivity contribution in [2.24, 2.45) is 0 Å². The first-order chi connectivity index (χ1) is 10.1. The average molecular weight is 350 g/mol. The van der Waals surface area contributed by atoms with Crippen LogP contribution in [0.1, 0.15) is 29.6 Å². The van der Waals surface area contributed by atoms with Crippen LogP contribution in [-0.2, 0) is 0 Å². The molecule has 0 saturated carbocycles. The fourth-order valence-electron chi connectivity index (χ4n) is 2.31. The van der Waals surface area contributed by atoms with Gasteiger partial charge in [0.2, 0.25) is 0 Å². The quantitative estimate of drug-likeness (QED) is 0.805. The van der Waals surface area contributed by atoms with Crippen LogP contribution in [0, 0.1) is 0 Å². The lowest BCUT2D eigenvalue weighted by atomic mass is 10.1. The summed E-state index contributed by atoms with van der Waals surface area (Å²) in [7, 11) is 1.83. The summed E-state index contributed by atoms with van der Waals surface area (Å²) >= 11 is 3.45. The van der Waals surface area contributed by atoms with Gasteiger partial charge in [-0.25, -0.2) is 0 Å². The first-order valence-corrected chi connectivity index (χ1v) is 7.97. The van der Waals surface area contributed by atoms with Crippen molar-refractivity contribution in [2.75, 3.05) is 20.2 Å². The Morgan fingerprint density at radius 3 is 2.57 bits per heavy atom. The van der Waals surface area contributed by atoms with E-state index in [-0.39, 0.29) is 12.5 Å². The Kier molecular flexibility index (Phi) is 5.76. The minimum Gasteiger partial charge on any atom is -0.396 e. The summed E-state index contributed by atoms with van der Waals surface area (Å²) in [5.74, 6) is 0.0452. The van der Waals surface area contributed by atoms with Crippen LogP contribution in [0.15, 0.2) is 40.9 Å². The monoisotopic (exact) mass is 349 g/mol. The Labute approximate surface area is 133 Å². The highest BCUT2D eigenvalue weighted by Gasteiger charge is 2.11. The van der Waals surface area contributed by atoms with Gasteiger partial charge in [0.15, 0.2) is 0 Å². The molecule has 21 heavy (non-hydrogen) atoms. The molecule has 0 fully saturated rings. The second-order valence-corrected chi connectivity index (χ2v) is 6.13. The molecule has 0 bridgehead atoms. The molecule has 0 unspecified atom stereocenters. The molecule has 1 amide bonds. The summed E-state index contributed by atoms with van der Waals surface area (Å²) in [4.78, 5) is 14.1. The number of amides is 1. The predicted octanol–water partition coefficient (Wildman–Crippen LogP) is 3.84. The lowest BCUT2D eigenvalue weighted by Gasteiger charge is -2.17. The van der Waals surface area contributed by atoms with Crippen LogP contribution in [-0.4, -0.2) is 36.1 Å². The fourth-order valence-corrected chi connectivity index (χ4v) is 2.69. The summed E-state index contributed by atoms with van der Waals surface area (Å²) in [6.45, 7) is 0.940. The third-order valence-electron chi connectivity index (χ3n) is 3.55. The van der Waals surface area contributed by atoms with Crippen LogP contribution in [0.3, 0.4) is 0 Å². The van der Waals surface area contributed by atoms with E-state index in [0.717, 1.165) is 46.6 Å². The van der Waals surface area contributed by atoms with Gasteiger partial charge in [-0.3, -0.25) is 4.79 Å². The van der Waals surface area contributed by atoms with Crippen molar-refractivity contribution in [1.29, 1.82) is 0 Å². The molecule has 0 aliphatic heterocycles. The number of benzene rings is 2. The predicted molar refractivity (Wildman–Crippen MR) is 89.5 cm³/mol. The highest BCUT2D eigenvalue weighted by molar-refractivity contribution is 9.10. The van der Waals surface area contributed by atoms with Gasteiger partial charge in [-0.15, -0.1) is 0 Å². The van der Waals surface area contributed by atoms with Gasteiger partial charge in [-0.1, -0.05) is 28.1 Å². The standard InChI is InChI=1S/C17H20BrNO2/c1-19(9-3-2-4-10-20)17(21)15-6-5-14-12-16(18)8-7-13(14)11-15/h5-8,11-12,20H,2-4,9-10H2,1H3. The molecule has 0 atom stereocenters. The first-order valence-electron chi connectivity index (χ1n) is 7.17. The van der Waals surface area contributed by atoms with Crippen molar-refractivity contribution in [2.45, 2.75) is 19.3 Å². The lowest BCUT2D eigenvalue weighted by Crippen LogP contribution is -2.27. The molecule has 0 spiro atoms. The summed E-state index contributed by atoms with van der Waals surface area (Å²) in [6, 6.07) is 11.8. The SMILES string of the molecule is CN(CCCCCO)C(=O)c1ccc2cc(Br)ccc2c1. The molecule has 2 aromatic carbocycles. The van der Waals surface area contributed by atoms with Crippen molar-refractivity contribution < 1.29 is 9.90 Å². The molecule has 0 radical (unpaired) electrons. The molecular weight excluding hydrogens is 330 g/mol. The highest BCUT2D eigenvalue weighted by atomic mass is 79.9. The zero-order valence-electron chi connectivity index (χ0n) is 12.2. The van der Waals surface area contributed by atoms with Crippen LogP contribution in [0.5, 0.6) is 0 Å². The molecule has 0 aliphatic rings. The molecule has 2 rings (SSSR count). The zero-order chi connectivity index (χ0) is 15.2. The maximum Gasteiger partial charge on any atom is 0.253 e. The number of aliphatic hydroxyl groups is 1. The number of halogens is 1. The smallest absolute Gasteiger partial charge is 0.253 e. The Bertz CT molecular complexity index is 627. The molecule has 2 aromatic rings. The second-order valence-electron chi connectivity index (χ2n) is 5.22. The number of aliphatic hydroxyl groups excluding tert-OH is 1. The number of unbranched alkanes of at least 4 members (excludes halogenated alkanes) is 2. The van der Waals surface area contributed by atoms with E-state index < -0.39 is 0 Å². The van der Waals surface area contributed by atoms with E-state index in [2.05, 4.69) is 15.9 Å².